The van der Waals surface area contributed by atoms with Crippen LogP contribution in [0.15, 0.2) is 37.6 Å². The lowest BCUT2D eigenvalue weighted by atomic mass is 9.91. The van der Waals surface area contributed by atoms with E-state index < -0.39 is 5.91 Å². The summed E-state index contributed by atoms with van der Waals surface area (Å²) >= 11 is 1.26. The van der Waals surface area contributed by atoms with Crippen LogP contribution in [-0.2, 0) is 4.74 Å². The maximum absolute atomic E-state index is 12.9. The summed E-state index contributed by atoms with van der Waals surface area (Å²) in [5.41, 5.74) is 13.2. The van der Waals surface area contributed by atoms with E-state index in [1.807, 2.05) is 4.90 Å². The SMILES string of the molecule is NC(=O)c1c(Nc2cc(-c3csc4c(=O)cc(N5CCOCC5)oc34)on2)nc(N[C@H]2CCCC[C@H]2N)n2cnnc12. The molecule has 1 aliphatic carbocycles. The van der Waals surface area contributed by atoms with Gasteiger partial charge in [0.05, 0.1) is 18.8 Å². The molecule has 2 atom stereocenters. The Hall–Kier alpha value is -4.54. The third-order valence-electron chi connectivity index (χ3n) is 7.61. The Kier molecular flexibility index (Phi) is 6.72. The molecule has 0 unspecified atom stereocenters. The molecule has 15 nitrogen and oxygen atoms in total. The average molecular weight is 593 g/mol. The number of ether oxygens (including phenoxy) is 1. The van der Waals surface area contributed by atoms with Crippen LogP contribution < -0.4 is 32.4 Å². The number of morpholine rings is 1. The van der Waals surface area contributed by atoms with E-state index in [0.29, 0.717) is 59.7 Å². The van der Waals surface area contributed by atoms with Crippen LogP contribution in [0.5, 0.6) is 0 Å². The summed E-state index contributed by atoms with van der Waals surface area (Å²) in [5.74, 6) is 0.898. The van der Waals surface area contributed by atoms with Crippen LogP contribution >= 0.6 is 11.3 Å². The molecule has 6 heterocycles. The molecule has 7 rings (SSSR count). The standard InChI is InChI=1S/C26H28N10O5S/c27-14-3-1-2-4-15(14)30-26-32-24(20(23(28)38)25-33-29-12-36(25)26)31-18-10-17(41-34-18)13-11-42-22-16(37)9-19(40-21(13)22)35-5-7-39-8-6-35/h9-12,14-15H,1-8,27H2,(H2,28,38)(H,30,32)(H,31,34)/t14-,15+/m1/s1. The Balaban J connectivity index is 1.23. The highest BCUT2D eigenvalue weighted by Gasteiger charge is 2.27. The molecule has 1 saturated heterocycles. The first-order valence-electron chi connectivity index (χ1n) is 13.6. The molecule has 1 aliphatic heterocycles. The van der Waals surface area contributed by atoms with Crippen molar-refractivity contribution in [2.45, 2.75) is 37.8 Å². The highest BCUT2D eigenvalue weighted by Crippen LogP contribution is 2.36. The predicted octanol–water partition coefficient (Wildman–Crippen LogP) is 2.31. The van der Waals surface area contributed by atoms with Crippen LogP contribution in [0, 0.1) is 0 Å². The molecule has 16 heteroatoms. The quantitative estimate of drug-likeness (QED) is 0.214. The largest absolute Gasteiger partial charge is 0.439 e. The minimum absolute atomic E-state index is 0.00772. The Bertz CT molecular complexity index is 1840. The maximum atomic E-state index is 12.9. The van der Waals surface area contributed by atoms with Crippen LogP contribution in [-0.4, -0.2) is 69.0 Å². The second-order valence-electron chi connectivity index (χ2n) is 10.3. The van der Waals surface area contributed by atoms with Gasteiger partial charge in [0.2, 0.25) is 11.4 Å². The van der Waals surface area contributed by atoms with Crippen molar-refractivity contribution in [1.82, 2.24) is 24.7 Å². The molecule has 42 heavy (non-hydrogen) atoms. The number of thiophene rings is 1. The molecule has 6 N–H and O–H groups in total. The second kappa shape index (κ2) is 10.7. The fourth-order valence-electron chi connectivity index (χ4n) is 5.43. The van der Waals surface area contributed by atoms with Crippen molar-refractivity contribution in [3.05, 3.63) is 39.6 Å². The molecule has 1 amide bonds. The zero-order valence-corrected chi connectivity index (χ0v) is 23.2. The number of fused-ring (bicyclic) bond motifs is 2. The van der Waals surface area contributed by atoms with Gasteiger partial charge in [0, 0.05) is 42.7 Å². The Labute approximate surface area is 241 Å². The first kappa shape index (κ1) is 26.4. The number of nitrogens with two attached hydrogens (primary N) is 2. The molecule has 0 radical (unpaired) electrons. The normalized spacial score (nSPS) is 19.4. The predicted molar refractivity (Wildman–Crippen MR) is 155 cm³/mol. The molecular formula is C26H28N10O5S. The molecule has 0 aromatic carbocycles. The number of anilines is 4. The molecule has 218 valence electrons. The monoisotopic (exact) mass is 592 g/mol. The minimum Gasteiger partial charge on any atom is -0.439 e. The third kappa shape index (κ3) is 4.72. The minimum atomic E-state index is -0.742. The fraction of sp³-hybridized carbons (Fsp3) is 0.385. The molecule has 1 saturated carbocycles. The second-order valence-corrected chi connectivity index (χ2v) is 11.2. The third-order valence-corrected chi connectivity index (χ3v) is 8.59. The fourth-order valence-corrected chi connectivity index (χ4v) is 6.32. The van der Waals surface area contributed by atoms with E-state index in [9.17, 15) is 9.59 Å². The van der Waals surface area contributed by atoms with Crippen molar-refractivity contribution >= 4 is 56.6 Å². The van der Waals surface area contributed by atoms with E-state index >= 15 is 0 Å². The maximum Gasteiger partial charge on any atom is 0.256 e. The van der Waals surface area contributed by atoms with E-state index in [4.69, 9.17) is 25.1 Å². The smallest absolute Gasteiger partial charge is 0.256 e. The lowest BCUT2D eigenvalue weighted by Crippen LogP contribution is -2.43. The Morgan fingerprint density at radius 1 is 1.17 bits per heavy atom. The number of carbonyl (C=O) groups excluding carboxylic acids is 1. The first-order valence-corrected chi connectivity index (χ1v) is 14.5. The van der Waals surface area contributed by atoms with Crippen LogP contribution in [0.2, 0.25) is 0 Å². The number of nitrogens with one attached hydrogen (secondary N) is 2. The molecule has 2 fully saturated rings. The van der Waals surface area contributed by atoms with Crippen molar-refractivity contribution in [1.29, 1.82) is 0 Å². The number of rotatable bonds is 7. The molecule has 0 spiro atoms. The lowest BCUT2D eigenvalue weighted by Gasteiger charge is -2.30. The number of hydrogen-bond acceptors (Lipinski definition) is 14. The molecular weight excluding hydrogens is 564 g/mol. The number of nitrogens with zero attached hydrogens (tertiary/aromatic N) is 6. The van der Waals surface area contributed by atoms with Crippen molar-refractivity contribution in [2.75, 3.05) is 41.8 Å². The molecule has 0 bridgehead atoms. The highest BCUT2D eigenvalue weighted by molar-refractivity contribution is 7.17. The average Bonchev–Trinajstić information content (AvgIpc) is 3.75. The van der Waals surface area contributed by atoms with Crippen molar-refractivity contribution < 1.29 is 18.5 Å². The summed E-state index contributed by atoms with van der Waals surface area (Å²) in [6.07, 6.45) is 5.38. The summed E-state index contributed by atoms with van der Waals surface area (Å²) in [4.78, 5) is 32.0. The zero-order chi connectivity index (χ0) is 28.8. The van der Waals surface area contributed by atoms with Crippen molar-refractivity contribution in [3.63, 3.8) is 0 Å². The van der Waals surface area contributed by atoms with Gasteiger partial charge in [0.1, 0.15) is 16.6 Å². The van der Waals surface area contributed by atoms with E-state index in [0.717, 1.165) is 25.7 Å². The van der Waals surface area contributed by atoms with Crippen LogP contribution in [0.25, 0.3) is 27.3 Å². The van der Waals surface area contributed by atoms with Crippen molar-refractivity contribution in [3.8, 4) is 11.3 Å². The summed E-state index contributed by atoms with van der Waals surface area (Å²) in [6.45, 7) is 2.36. The van der Waals surface area contributed by atoms with Gasteiger partial charge in [0.15, 0.2) is 34.5 Å². The number of hydrogen-bond donors (Lipinski definition) is 4. The van der Waals surface area contributed by atoms with Gasteiger partial charge < -0.3 is 40.7 Å². The van der Waals surface area contributed by atoms with Gasteiger partial charge in [0.25, 0.3) is 5.91 Å². The Morgan fingerprint density at radius 3 is 2.81 bits per heavy atom. The van der Waals surface area contributed by atoms with E-state index in [2.05, 4.69) is 31.0 Å². The summed E-state index contributed by atoms with van der Waals surface area (Å²) in [6, 6.07) is 3.09. The van der Waals surface area contributed by atoms with Gasteiger partial charge in [-0.2, -0.15) is 4.98 Å². The number of aromatic nitrogens is 5. The number of primary amides is 1. The Morgan fingerprint density at radius 2 is 2.00 bits per heavy atom. The number of amides is 1. The molecule has 5 aromatic heterocycles. The van der Waals surface area contributed by atoms with Gasteiger partial charge in [-0.3, -0.25) is 14.0 Å². The molecule has 2 aliphatic rings. The van der Waals surface area contributed by atoms with Crippen LogP contribution in [0.3, 0.4) is 0 Å². The molecule has 5 aromatic rings. The van der Waals surface area contributed by atoms with E-state index in [1.54, 1.807) is 15.8 Å². The van der Waals surface area contributed by atoms with Crippen LogP contribution in [0.4, 0.5) is 23.5 Å². The van der Waals surface area contributed by atoms with Gasteiger partial charge in [-0.25, -0.2) is 0 Å². The first-order chi connectivity index (χ1) is 20.5. The zero-order valence-electron chi connectivity index (χ0n) is 22.4. The van der Waals surface area contributed by atoms with E-state index in [1.165, 1.54) is 23.7 Å². The summed E-state index contributed by atoms with van der Waals surface area (Å²) < 4.78 is 19.3. The van der Waals surface area contributed by atoms with Gasteiger partial charge in [-0.1, -0.05) is 18.0 Å². The lowest BCUT2D eigenvalue weighted by molar-refractivity contribution is 0.100. The summed E-state index contributed by atoms with van der Waals surface area (Å²) in [5, 5.41) is 20.4. The topological polar surface area (TPSA) is 205 Å². The van der Waals surface area contributed by atoms with Crippen LogP contribution in [0.1, 0.15) is 36.0 Å². The van der Waals surface area contributed by atoms with Gasteiger partial charge in [-0.05, 0) is 12.8 Å². The van der Waals surface area contributed by atoms with Crippen molar-refractivity contribution in [2.24, 2.45) is 11.5 Å². The van der Waals surface area contributed by atoms with Gasteiger partial charge >= 0.3 is 0 Å². The van der Waals surface area contributed by atoms with Gasteiger partial charge in [-0.15, -0.1) is 21.5 Å². The summed E-state index contributed by atoms with van der Waals surface area (Å²) in [7, 11) is 0. The highest BCUT2D eigenvalue weighted by atomic mass is 32.1. The van der Waals surface area contributed by atoms with E-state index in [-0.39, 0.29) is 40.4 Å². The number of carbonyl (C=O) groups is 1.